The third-order valence-electron chi connectivity index (χ3n) is 1.30. The van der Waals surface area contributed by atoms with E-state index in [0.29, 0.717) is 0 Å². The second-order valence-corrected chi connectivity index (χ2v) is 2.23. The molecule has 74 valence electrons. The number of nitrogens with zero attached hydrogens (tertiary/aromatic N) is 2. The van der Waals surface area contributed by atoms with Crippen LogP contribution in [-0.2, 0) is 0 Å². The molecule has 0 aliphatic heterocycles. The number of hydrogen-bond acceptors (Lipinski definition) is 5. The van der Waals surface area contributed by atoms with Crippen LogP contribution in [-0.4, -0.2) is 23.0 Å². The number of nitro groups is 1. The number of hydrogen-bond donors (Lipinski definition) is 1. The molecule has 0 saturated carbocycles. The van der Waals surface area contributed by atoms with Crippen molar-refractivity contribution < 1.29 is 14.5 Å². The second kappa shape index (κ2) is 4.17. The second-order valence-electron chi connectivity index (χ2n) is 2.23. The van der Waals surface area contributed by atoms with Crippen LogP contribution in [0.3, 0.4) is 0 Å². The molecular weight excluding hydrogens is 190 g/mol. The number of amides is 1. The van der Waals surface area contributed by atoms with Crippen molar-refractivity contribution in [1.29, 1.82) is 0 Å². The fourth-order valence-electron chi connectivity index (χ4n) is 0.708. The number of pyridine rings is 1. The summed E-state index contributed by atoms with van der Waals surface area (Å²) in [7, 11) is 1.37. The third-order valence-corrected chi connectivity index (χ3v) is 1.30. The third kappa shape index (κ3) is 2.41. The van der Waals surface area contributed by atoms with Gasteiger partial charge in [-0.2, -0.15) is 0 Å². The maximum atomic E-state index is 10.7. The molecule has 1 N–H and O–H groups in total. The first-order valence-corrected chi connectivity index (χ1v) is 3.64. The average molecular weight is 197 g/mol. The molecule has 0 spiro atoms. The van der Waals surface area contributed by atoms with Gasteiger partial charge in [0.1, 0.15) is 0 Å². The first kappa shape index (κ1) is 9.90. The minimum Gasteiger partial charge on any atom is -0.370 e. The lowest BCUT2D eigenvalue weighted by atomic mass is 10.4. The van der Waals surface area contributed by atoms with E-state index in [-0.39, 0.29) is 11.7 Å². The maximum Gasteiger partial charge on any atom is 0.415 e. The van der Waals surface area contributed by atoms with E-state index in [2.05, 4.69) is 15.0 Å². The Morgan fingerprint density at radius 2 is 2.36 bits per heavy atom. The van der Waals surface area contributed by atoms with E-state index in [4.69, 9.17) is 0 Å². The number of rotatable bonds is 2. The zero-order chi connectivity index (χ0) is 10.6. The van der Waals surface area contributed by atoms with Crippen molar-refractivity contribution in [2.75, 3.05) is 7.05 Å². The van der Waals surface area contributed by atoms with Crippen LogP contribution in [0.5, 0.6) is 5.88 Å². The molecule has 0 atom stereocenters. The quantitative estimate of drug-likeness (QED) is 0.556. The van der Waals surface area contributed by atoms with Crippen LogP contribution in [0, 0.1) is 10.1 Å². The summed E-state index contributed by atoms with van der Waals surface area (Å²) in [4.78, 5) is 23.8. The van der Waals surface area contributed by atoms with Gasteiger partial charge in [-0.25, -0.2) is 4.79 Å². The van der Waals surface area contributed by atoms with E-state index in [1.54, 1.807) is 0 Å². The Hall–Kier alpha value is -2.18. The summed E-state index contributed by atoms with van der Waals surface area (Å²) in [5.74, 6) is -0.482. The molecule has 1 aromatic heterocycles. The first-order chi connectivity index (χ1) is 6.63. The van der Waals surface area contributed by atoms with Gasteiger partial charge in [0, 0.05) is 24.2 Å². The van der Waals surface area contributed by atoms with Crippen molar-refractivity contribution in [1.82, 2.24) is 10.3 Å². The van der Waals surface area contributed by atoms with Crippen LogP contribution < -0.4 is 10.1 Å². The van der Waals surface area contributed by atoms with Crippen LogP contribution in [0.15, 0.2) is 18.2 Å². The van der Waals surface area contributed by atoms with E-state index in [1.807, 2.05) is 0 Å². The Bertz CT molecular complexity index is 366. The van der Waals surface area contributed by atoms with Gasteiger partial charge in [0.2, 0.25) is 0 Å². The van der Waals surface area contributed by atoms with Crippen molar-refractivity contribution in [3.05, 3.63) is 28.3 Å². The molecule has 1 aromatic rings. The fourth-order valence-corrected chi connectivity index (χ4v) is 0.708. The van der Waals surface area contributed by atoms with E-state index in [0.717, 1.165) is 0 Å². The van der Waals surface area contributed by atoms with E-state index >= 15 is 0 Å². The van der Waals surface area contributed by atoms with E-state index < -0.39 is 11.0 Å². The molecule has 0 aliphatic rings. The molecule has 14 heavy (non-hydrogen) atoms. The van der Waals surface area contributed by atoms with Crippen molar-refractivity contribution >= 4 is 11.9 Å². The predicted molar refractivity (Wildman–Crippen MR) is 46.0 cm³/mol. The van der Waals surface area contributed by atoms with Gasteiger partial charge in [0.15, 0.2) is 0 Å². The summed E-state index contributed by atoms with van der Waals surface area (Å²) < 4.78 is 4.59. The van der Waals surface area contributed by atoms with Crippen LogP contribution in [0.25, 0.3) is 0 Å². The van der Waals surface area contributed by atoms with Gasteiger partial charge in [-0.05, 0) is 11.0 Å². The molecule has 0 unspecified atom stereocenters. The monoisotopic (exact) mass is 197 g/mol. The molecule has 0 bridgehead atoms. The predicted octanol–water partition coefficient (Wildman–Crippen LogP) is 0.708. The molecule has 1 heterocycles. The summed E-state index contributed by atoms with van der Waals surface area (Å²) in [5.41, 5.74) is 0. The number of ether oxygens (including phenoxy) is 1. The Morgan fingerprint density at radius 1 is 1.64 bits per heavy atom. The Balaban J connectivity index is 2.83. The van der Waals surface area contributed by atoms with Crippen molar-refractivity contribution in [3.8, 4) is 5.88 Å². The highest BCUT2D eigenvalue weighted by Gasteiger charge is 2.12. The van der Waals surface area contributed by atoms with Gasteiger partial charge in [0.25, 0.3) is 0 Å². The van der Waals surface area contributed by atoms with E-state index in [1.165, 1.54) is 25.2 Å². The van der Waals surface area contributed by atoms with Gasteiger partial charge < -0.3 is 20.2 Å². The first-order valence-electron chi connectivity index (χ1n) is 3.64. The van der Waals surface area contributed by atoms with Crippen LogP contribution in [0.2, 0.25) is 0 Å². The van der Waals surface area contributed by atoms with Gasteiger partial charge in [-0.1, -0.05) is 0 Å². The minimum absolute atomic E-state index is 0.112. The van der Waals surface area contributed by atoms with Crippen LogP contribution >= 0.6 is 0 Å². The highest BCUT2D eigenvalue weighted by molar-refractivity contribution is 5.69. The molecule has 7 heteroatoms. The normalized spacial score (nSPS) is 9.21. The van der Waals surface area contributed by atoms with Crippen molar-refractivity contribution in [2.45, 2.75) is 0 Å². The summed E-state index contributed by atoms with van der Waals surface area (Å²) in [5, 5.41) is 12.5. The number of carbonyl (C=O) groups excluding carboxylic acids is 1. The Labute approximate surface area is 78.9 Å². The Kier molecular flexibility index (Phi) is 2.95. The molecular formula is C7H7N3O4. The standard InChI is InChI=1S/C7H7N3O4/c1-8-7(11)14-6-4-2-3-5(9-6)10(12)13/h2-4H,1H3,(H,8,11). The zero-order valence-corrected chi connectivity index (χ0v) is 7.26. The average Bonchev–Trinajstić information content (AvgIpc) is 2.18. The fraction of sp³-hybridized carbons (Fsp3) is 0.143. The summed E-state index contributed by atoms with van der Waals surface area (Å²) in [6.45, 7) is 0. The lowest BCUT2D eigenvalue weighted by Crippen LogP contribution is -2.22. The molecule has 0 radical (unpaired) electrons. The van der Waals surface area contributed by atoms with Crippen LogP contribution in [0.4, 0.5) is 10.6 Å². The van der Waals surface area contributed by atoms with Gasteiger partial charge in [-0.3, -0.25) is 0 Å². The minimum atomic E-state index is -0.724. The SMILES string of the molecule is CNC(=O)Oc1cccc([N+](=O)[O-])n1. The van der Waals surface area contributed by atoms with E-state index in [9.17, 15) is 14.9 Å². The Morgan fingerprint density at radius 3 is 2.93 bits per heavy atom. The molecule has 0 saturated heterocycles. The number of carbonyl (C=O) groups is 1. The largest absolute Gasteiger partial charge is 0.415 e. The smallest absolute Gasteiger partial charge is 0.370 e. The van der Waals surface area contributed by atoms with Crippen molar-refractivity contribution in [3.63, 3.8) is 0 Å². The molecule has 1 rings (SSSR count). The highest BCUT2D eigenvalue weighted by Crippen LogP contribution is 2.12. The summed E-state index contributed by atoms with van der Waals surface area (Å²) in [6.07, 6.45) is -0.724. The number of aromatic nitrogens is 1. The zero-order valence-electron chi connectivity index (χ0n) is 7.26. The highest BCUT2D eigenvalue weighted by atomic mass is 16.6. The van der Waals surface area contributed by atoms with Gasteiger partial charge in [-0.15, -0.1) is 0 Å². The van der Waals surface area contributed by atoms with Crippen LogP contribution in [0.1, 0.15) is 0 Å². The topological polar surface area (TPSA) is 94.4 Å². The van der Waals surface area contributed by atoms with Crippen molar-refractivity contribution in [2.24, 2.45) is 0 Å². The van der Waals surface area contributed by atoms with Gasteiger partial charge in [0.05, 0.1) is 0 Å². The molecule has 0 aliphatic carbocycles. The number of nitrogens with one attached hydrogen (secondary N) is 1. The lowest BCUT2D eigenvalue weighted by molar-refractivity contribution is -0.389. The maximum absolute atomic E-state index is 10.7. The summed E-state index contributed by atoms with van der Waals surface area (Å²) >= 11 is 0. The molecule has 0 aromatic carbocycles. The molecule has 0 fully saturated rings. The molecule has 1 amide bonds. The van der Waals surface area contributed by atoms with Gasteiger partial charge >= 0.3 is 17.8 Å². The lowest BCUT2D eigenvalue weighted by Gasteiger charge is -1.97. The molecule has 7 nitrogen and oxygen atoms in total. The summed E-state index contributed by atoms with van der Waals surface area (Å²) in [6, 6.07) is 3.93.